The standard InChI is InChI=1S/C9H9N9O2/c1-17-9(19)18(16-15-17)8-6(13-12-5-10-8)4-20-7-2-3-11-14-7/h2-3,5H,4H2,1H3,(H,11,14)/i/hT. The highest BCUT2D eigenvalue weighted by Crippen LogP contribution is 2.09. The summed E-state index contributed by atoms with van der Waals surface area (Å²) in [4.78, 5) is 15.8. The Balaban J connectivity index is 1.89. The highest BCUT2D eigenvalue weighted by Gasteiger charge is 2.14. The van der Waals surface area contributed by atoms with Gasteiger partial charge in [0, 0.05) is 19.3 Å². The summed E-state index contributed by atoms with van der Waals surface area (Å²) < 4.78 is 14.6. The van der Waals surface area contributed by atoms with Crippen molar-refractivity contribution >= 4 is 0 Å². The Hall–Kier alpha value is -3.11. The van der Waals surface area contributed by atoms with Crippen molar-refractivity contribution in [1.29, 1.82) is 0 Å². The van der Waals surface area contributed by atoms with Crippen LogP contribution < -0.4 is 10.4 Å². The van der Waals surface area contributed by atoms with Gasteiger partial charge >= 0.3 is 5.69 Å². The Morgan fingerprint density at radius 2 is 2.40 bits per heavy atom. The number of aryl methyl sites for hydroxylation is 1. The van der Waals surface area contributed by atoms with Crippen molar-refractivity contribution in [2.75, 3.05) is 0 Å². The van der Waals surface area contributed by atoms with Gasteiger partial charge in [-0.15, -0.1) is 20.0 Å². The molecule has 0 radical (unpaired) electrons. The number of aromatic nitrogens is 9. The fourth-order valence-corrected chi connectivity index (χ4v) is 1.45. The van der Waals surface area contributed by atoms with Crippen LogP contribution in [0.2, 0.25) is 1.41 Å². The van der Waals surface area contributed by atoms with Crippen LogP contribution in [-0.2, 0) is 13.7 Å². The maximum atomic E-state index is 11.8. The Morgan fingerprint density at radius 3 is 3.10 bits per heavy atom. The summed E-state index contributed by atoms with van der Waals surface area (Å²) in [6.07, 6.45) is 2.61. The zero-order valence-electron chi connectivity index (χ0n) is 11.3. The lowest BCUT2D eigenvalue weighted by Crippen LogP contribution is -2.24. The van der Waals surface area contributed by atoms with Crippen molar-refractivity contribution in [3.05, 3.63) is 34.8 Å². The molecule has 0 aliphatic carbocycles. The van der Waals surface area contributed by atoms with Gasteiger partial charge in [-0.25, -0.2) is 9.78 Å². The van der Waals surface area contributed by atoms with Crippen LogP contribution in [0.3, 0.4) is 0 Å². The summed E-state index contributed by atoms with van der Waals surface area (Å²) in [5.41, 5.74) is -0.174. The Bertz CT molecular complexity index is 822. The van der Waals surface area contributed by atoms with Crippen LogP contribution in [-0.4, -0.2) is 45.2 Å². The largest absolute Gasteiger partial charge is 0.470 e. The lowest BCUT2D eigenvalue weighted by Gasteiger charge is -2.04. The summed E-state index contributed by atoms with van der Waals surface area (Å²) in [7, 11) is 1.47. The summed E-state index contributed by atoms with van der Waals surface area (Å²) in [6, 6.07) is 1.52. The third-order valence-electron chi connectivity index (χ3n) is 2.39. The number of tetrazole rings is 1. The molecule has 0 atom stereocenters. The SMILES string of the molecule is [3H]n1ccc(OCc2nncnc2-n2nnn(C)c2=O)n1. The monoisotopic (exact) mass is 277 g/mol. The van der Waals surface area contributed by atoms with Crippen molar-refractivity contribution < 1.29 is 6.15 Å². The Kier molecular flexibility index (Phi) is 2.63. The van der Waals surface area contributed by atoms with Gasteiger partial charge in [0.15, 0.2) is 7.23 Å². The van der Waals surface area contributed by atoms with Gasteiger partial charge in [0.05, 0.1) is 0 Å². The molecule has 0 aliphatic heterocycles. The van der Waals surface area contributed by atoms with Gasteiger partial charge in [0.25, 0.3) is 0 Å². The van der Waals surface area contributed by atoms with E-state index in [9.17, 15) is 4.79 Å². The maximum absolute atomic E-state index is 11.8. The molecule has 0 aliphatic rings. The number of nitrogens with one attached hydrogen (secondary N) is 1. The van der Waals surface area contributed by atoms with Gasteiger partial charge in [0.2, 0.25) is 5.88 Å². The molecular formula is C9H9N9O2. The third kappa shape index (κ3) is 2.11. The first-order valence-corrected chi connectivity index (χ1v) is 5.49. The van der Waals surface area contributed by atoms with Crippen molar-refractivity contribution in [2.24, 2.45) is 7.05 Å². The molecular weight excluding hydrogens is 266 g/mol. The van der Waals surface area contributed by atoms with E-state index in [4.69, 9.17) is 6.15 Å². The second-order valence-corrected chi connectivity index (χ2v) is 3.69. The van der Waals surface area contributed by atoms with Gasteiger partial charge in [-0.2, -0.15) is 4.68 Å². The summed E-state index contributed by atoms with van der Waals surface area (Å²) in [5.74, 6) is 0.418. The predicted octanol–water partition coefficient (Wildman–Crippen LogP) is -1.55. The minimum atomic E-state index is -0.466. The fraction of sp³-hybridized carbons (Fsp3) is 0.222. The molecule has 0 saturated heterocycles. The summed E-state index contributed by atoms with van der Waals surface area (Å²) in [6.45, 7) is -0.0315. The van der Waals surface area contributed by atoms with Crippen LogP contribution >= 0.6 is 0 Å². The second kappa shape index (κ2) is 4.87. The molecule has 3 aromatic rings. The molecule has 0 spiro atoms. The van der Waals surface area contributed by atoms with Gasteiger partial charge in [-0.1, -0.05) is 0 Å². The van der Waals surface area contributed by atoms with E-state index in [-0.39, 0.29) is 18.3 Å². The zero-order valence-corrected chi connectivity index (χ0v) is 10.3. The molecule has 0 unspecified atom stereocenters. The molecule has 1 N–H and O–H groups in total. The van der Waals surface area contributed by atoms with Crippen LogP contribution in [0.15, 0.2) is 23.4 Å². The molecule has 3 rings (SSSR count). The quantitative estimate of drug-likeness (QED) is 0.607. The van der Waals surface area contributed by atoms with E-state index in [1.807, 2.05) is 0 Å². The molecule has 20 heavy (non-hydrogen) atoms. The van der Waals surface area contributed by atoms with Crippen LogP contribution in [0.1, 0.15) is 5.69 Å². The molecule has 3 aromatic heterocycles. The lowest BCUT2D eigenvalue weighted by atomic mass is 10.4. The highest BCUT2D eigenvalue weighted by atomic mass is 16.5. The number of hydrogen-bond donors (Lipinski definition) is 1. The van der Waals surface area contributed by atoms with Gasteiger partial charge in [-0.05, 0) is 10.4 Å². The second-order valence-electron chi connectivity index (χ2n) is 3.69. The average Bonchev–Trinajstić information content (AvgIpc) is 3.04. The van der Waals surface area contributed by atoms with Crippen molar-refractivity contribution in [1.82, 2.24) is 45.2 Å². The van der Waals surface area contributed by atoms with Crippen LogP contribution in [0, 0.1) is 0 Å². The Morgan fingerprint density at radius 1 is 1.50 bits per heavy atom. The highest BCUT2D eigenvalue weighted by molar-refractivity contribution is 5.24. The van der Waals surface area contributed by atoms with E-state index in [1.165, 1.54) is 25.6 Å². The predicted molar refractivity (Wildman–Crippen MR) is 62.9 cm³/mol. The van der Waals surface area contributed by atoms with E-state index < -0.39 is 5.69 Å². The number of ether oxygens (including phenoxy) is 1. The number of hydrogen-bond acceptors (Lipinski definition) is 8. The molecule has 3 heterocycles. The van der Waals surface area contributed by atoms with E-state index in [1.54, 1.807) is 0 Å². The minimum absolute atomic E-state index is 0.0315. The number of aromatic amines is 1. The van der Waals surface area contributed by atoms with Crippen LogP contribution in [0.5, 0.6) is 5.88 Å². The van der Waals surface area contributed by atoms with Gasteiger partial charge in [-0.3, -0.25) is 5.09 Å². The first kappa shape index (κ1) is 10.8. The zero-order chi connectivity index (χ0) is 14.8. The molecule has 0 fully saturated rings. The molecule has 0 bridgehead atoms. The molecule has 11 nitrogen and oxygen atoms in total. The first-order valence-electron chi connectivity index (χ1n) is 5.93. The molecule has 102 valence electrons. The van der Waals surface area contributed by atoms with Crippen LogP contribution in [0.4, 0.5) is 0 Å². The number of nitrogens with zero attached hydrogens (tertiary/aromatic N) is 8. The van der Waals surface area contributed by atoms with E-state index in [0.717, 1.165) is 14.5 Å². The fourth-order valence-electron chi connectivity index (χ4n) is 1.45. The average molecular weight is 277 g/mol. The summed E-state index contributed by atoms with van der Waals surface area (Å²) >= 11 is 0. The first-order chi connectivity index (χ1) is 10.1. The number of H-pyrrole nitrogens is 1. The molecule has 0 saturated carbocycles. The lowest BCUT2D eigenvalue weighted by molar-refractivity contribution is 0.286. The summed E-state index contributed by atoms with van der Waals surface area (Å²) in [5, 5.41) is 19.4. The molecule has 0 aromatic carbocycles. The molecule has 11 heteroatoms. The maximum Gasteiger partial charge on any atom is 0.369 e. The van der Waals surface area contributed by atoms with Crippen molar-refractivity contribution in [3.8, 4) is 11.7 Å². The van der Waals surface area contributed by atoms with Crippen molar-refractivity contribution in [3.63, 3.8) is 0 Å². The third-order valence-corrected chi connectivity index (χ3v) is 2.39. The molecule has 0 amide bonds. The van der Waals surface area contributed by atoms with Gasteiger partial charge < -0.3 is 4.74 Å². The van der Waals surface area contributed by atoms with E-state index in [2.05, 4.69) is 30.7 Å². The smallest absolute Gasteiger partial charge is 0.369 e. The Labute approximate surface area is 112 Å². The number of rotatable bonds is 4. The topological polar surface area (TPSA) is 129 Å². The van der Waals surface area contributed by atoms with Gasteiger partial charge in [0.1, 0.15) is 18.6 Å². The minimum Gasteiger partial charge on any atom is -0.470 e. The normalized spacial score (nSPS) is 11.3. The van der Waals surface area contributed by atoms with Crippen molar-refractivity contribution in [2.45, 2.75) is 6.61 Å². The van der Waals surface area contributed by atoms with E-state index in [0.29, 0.717) is 5.69 Å². The van der Waals surface area contributed by atoms with E-state index >= 15 is 0 Å². The van der Waals surface area contributed by atoms with Crippen LogP contribution in [0.25, 0.3) is 5.82 Å².